The second-order valence-corrected chi connectivity index (χ2v) is 5.85. The molecule has 1 N–H and O–H groups in total. The van der Waals surface area contributed by atoms with Crippen molar-refractivity contribution in [2.45, 2.75) is 16.4 Å². The van der Waals surface area contributed by atoms with Crippen molar-refractivity contribution in [3.8, 4) is 11.5 Å². The van der Waals surface area contributed by atoms with Crippen molar-refractivity contribution in [1.82, 2.24) is 0 Å². The molecule has 3 rings (SSSR count). The normalized spacial score (nSPS) is 13.3. The van der Waals surface area contributed by atoms with E-state index in [1.54, 1.807) is 17.8 Å². The molecule has 3 nitrogen and oxygen atoms in total. The van der Waals surface area contributed by atoms with Gasteiger partial charge in [0.05, 0.1) is 11.6 Å². The first kappa shape index (κ1) is 13.6. The molecule has 0 unspecified atom stereocenters. The first-order valence-corrected chi connectivity index (χ1v) is 7.42. The van der Waals surface area contributed by atoms with E-state index >= 15 is 0 Å². The number of hydrogen-bond acceptors (Lipinski definition) is 4. The van der Waals surface area contributed by atoms with E-state index in [4.69, 9.17) is 26.2 Å². The predicted octanol–water partition coefficient (Wildman–Crippen LogP) is 3.75. The van der Waals surface area contributed by atoms with Crippen LogP contribution in [0.3, 0.4) is 0 Å². The first-order chi connectivity index (χ1) is 9.76. The van der Waals surface area contributed by atoms with Crippen molar-refractivity contribution in [3.63, 3.8) is 0 Å². The zero-order valence-electron chi connectivity index (χ0n) is 10.6. The van der Waals surface area contributed by atoms with E-state index < -0.39 is 0 Å². The minimum Gasteiger partial charge on any atom is -0.486 e. The molecule has 2 aromatic rings. The van der Waals surface area contributed by atoms with Gasteiger partial charge in [0.25, 0.3) is 0 Å². The predicted molar refractivity (Wildman–Crippen MR) is 78.9 cm³/mol. The van der Waals surface area contributed by atoms with Gasteiger partial charge in [-0.1, -0.05) is 29.4 Å². The molecule has 0 saturated carbocycles. The van der Waals surface area contributed by atoms with Crippen molar-refractivity contribution in [2.75, 3.05) is 13.2 Å². The maximum absolute atomic E-state index is 9.08. The highest BCUT2D eigenvalue weighted by molar-refractivity contribution is 7.99. The maximum atomic E-state index is 9.08. The van der Waals surface area contributed by atoms with Gasteiger partial charge >= 0.3 is 0 Å². The molecule has 1 aliphatic heterocycles. The summed E-state index contributed by atoms with van der Waals surface area (Å²) >= 11 is 7.77. The minimum absolute atomic E-state index is 0.00527. The molecular formula is C15H13ClO3S. The van der Waals surface area contributed by atoms with Crippen LogP contribution in [0.1, 0.15) is 5.56 Å². The average Bonchev–Trinajstić information content (AvgIpc) is 2.49. The van der Waals surface area contributed by atoms with Crippen LogP contribution >= 0.6 is 23.4 Å². The van der Waals surface area contributed by atoms with E-state index in [0.29, 0.717) is 18.2 Å². The van der Waals surface area contributed by atoms with Gasteiger partial charge in [0.2, 0.25) is 0 Å². The lowest BCUT2D eigenvalue weighted by Gasteiger charge is -2.18. The number of aliphatic hydroxyl groups is 1. The molecule has 5 heteroatoms. The van der Waals surface area contributed by atoms with E-state index in [1.807, 2.05) is 30.3 Å². The molecule has 0 spiro atoms. The molecule has 0 radical (unpaired) electrons. The molecule has 1 heterocycles. The number of benzene rings is 2. The number of aliphatic hydroxyl groups excluding tert-OH is 1. The molecule has 0 saturated heterocycles. The summed E-state index contributed by atoms with van der Waals surface area (Å²) < 4.78 is 11.1. The van der Waals surface area contributed by atoms with Crippen LogP contribution in [0, 0.1) is 0 Å². The van der Waals surface area contributed by atoms with Crippen LogP contribution in [-0.4, -0.2) is 18.3 Å². The topological polar surface area (TPSA) is 38.7 Å². The molecule has 0 fully saturated rings. The van der Waals surface area contributed by atoms with E-state index in [2.05, 4.69) is 0 Å². The Morgan fingerprint density at radius 3 is 2.60 bits per heavy atom. The molecule has 0 aromatic heterocycles. The second kappa shape index (κ2) is 5.95. The van der Waals surface area contributed by atoms with Crippen molar-refractivity contribution >= 4 is 23.4 Å². The molecule has 0 bridgehead atoms. The molecule has 0 aliphatic carbocycles. The number of hydrogen-bond donors (Lipinski definition) is 1. The van der Waals surface area contributed by atoms with E-state index in [1.165, 1.54) is 0 Å². The van der Waals surface area contributed by atoms with Gasteiger partial charge in [0.15, 0.2) is 11.5 Å². The van der Waals surface area contributed by atoms with Gasteiger partial charge in [-0.15, -0.1) is 0 Å². The van der Waals surface area contributed by atoms with Crippen LogP contribution in [0.5, 0.6) is 11.5 Å². The third kappa shape index (κ3) is 2.87. The summed E-state index contributed by atoms with van der Waals surface area (Å²) in [5.41, 5.74) is 0.807. The third-order valence-corrected chi connectivity index (χ3v) is 4.41. The Kier molecular flexibility index (Phi) is 4.05. The van der Waals surface area contributed by atoms with Gasteiger partial charge in [0, 0.05) is 9.79 Å². The summed E-state index contributed by atoms with van der Waals surface area (Å²) in [6.07, 6.45) is 0. The quantitative estimate of drug-likeness (QED) is 0.937. The van der Waals surface area contributed by atoms with E-state index in [9.17, 15) is 0 Å². The minimum atomic E-state index is -0.00527. The van der Waals surface area contributed by atoms with Gasteiger partial charge in [-0.05, 0) is 35.9 Å². The van der Waals surface area contributed by atoms with Crippen LogP contribution in [-0.2, 0) is 6.61 Å². The highest BCUT2D eigenvalue weighted by atomic mass is 35.5. The smallest absolute Gasteiger partial charge is 0.162 e. The Morgan fingerprint density at radius 1 is 1.05 bits per heavy atom. The average molecular weight is 309 g/mol. The third-order valence-electron chi connectivity index (χ3n) is 2.92. The standard InChI is InChI=1S/C15H13ClO3S/c16-12-7-10(9-17)1-4-15(12)20-11-2-3-13-14(8-11)19-6-5-18-13/h1-4,7-8,17H,5-6,9H2. The summed E-state index contributed by atoms with van der Waals surface area (Å²) in [5.74, 6) is 1.55. The van der Waals surface area contributed by atoms with Crippen LogP contribution in [0.25, 0.3) is 0 Å². The highest BCUT2D eigenvalue weighted by Crippen LogP contribution is 2.39. The second-order valence-electron chi connectivity index (χ2n) is 4.33. The molecule has 2 aromatic carbocycles. The zero-order chi connectivity index (χ0) is 13.9. The molecule has 0 amide bonds. The Hall–Kier alpha value is -1.36. The summed E-state index contributed by atoms with van der Waals surface area (Å²) in [6.45, 7) is 1.16. The van der Waals surface area contributed by atoms with Crippen LogP contribution in [0.2, 0.25) is 5.02 Å². The Morgan fingerprint density at radius 2 is 1.85 bits per heavy atom. The van der Waals surface area contributed by atoms with E-state index in [-0.39, 0.29) is 6.61 Å². The molecule has 20 heavy (non-hydrogen) atoms. The molecule has 1 aliphatic rings. The van der Waals surface area contributed by atoms with Crippen molar-refractivity contribution in [1.29, 1.82) is 0 Å². The summed E-state index contributed by atoms with van der Waals surface area (Å²) in [7, 11) is 0. The lowest BCUT2D eigenvalue weighted by Crippen LogP contribution is -2.15. The Balaban J connectivity index is 1.84. The van der Waals surface area contributed by atoms with Crippen molar-refractivity contribution < 1.29 is 14.6 Å². The number of rotatable bonds is 3. The van der Waals surface area contributed by atoms with E-state index in [0.717, 1.165) is 26.9 Å². The zero-order valence-corrected chi connectivity index (χ0v) is 12.2. The maximum Gasteiger partial charge on any atom is 0.162 e. The fourth-order valence-electron chi connectivity index (χ4n) is 1.94. The molecular weight excluding hydrogens is 296 g/mol. The summed E-state index contributed by atoms with van der Waals surface area (Å²) in [4.78, 5) is 1.98. The largest absolute Gasteiger partial charge is 0.486 e. The van der Waals surface area contributed by atoms with Gasteiger partial charge in [-0.25, -0.2) is 0 Å². The van der Waals surface area contributed by atoms with Gasteiger partial charge in [0.1, 0.15) is 13.2 Å². The lowest BCUT2D eigenvalue weighted by atomic mass is 10.2. The van der Waals surface area contributed by atoms with Gasteiger partial charge in [-0.2, -0.15) is 0 Å². The van der Waals surface area contributed by atoms with Crippen LogP contribution in [0.4, 0.5) is 0 Å². The number of ether oxygens (including phenoxy) is 2. The van der Waals surface area contributed by atoms with Gasteiger partial charge < -0.3 is 14.6 Å². The van der Waals surface area contributed by atoms with Gasteiger partial charge in [-0.3, -0.25) is 0 Å². The monoisotopic (exact) mass is 308 g/mol. The SMILES string of the molecule is OCc1ccc(Sc2ccc3c(c2)OCCO3)c(Cl)c1. The summed E-state index contributed by atoms with van der Waals surface area (Å²) in [6, 6.07) is 11.4. The molecule has 104 valence electrons. The Bertz CT molecular complexity index is 631. The first-order valence-electron chi connectivity index (χ1n) is 6.23. The number of halogens is 1. The van der Waals surface area contributed by atoms with Crippen LogP contribution in [0.15, 0.2) is 46.2 Å². The fraction of sp³-hybridized carbons (Fsp3) is 0.200. The van der Waals surface area contributed by atoms with Crippen molar-refractivity contribution in [3.05, 3.63) is 47.0 Å². The molecule has 0 atom stereocenters. The Labute approximate surface area is 126 Å². The number of fused-ring (bicyclic) bond motifs is 1. The lowest BCUT2D eigenvalue weighted by molar-refractivity contribution is 0.171. The summed E-state index contributed by atoms with van der Waals surface area (Å²) in [5, 5.41) is 9.71. The fourth-order valence-corrected chi connectivity index (χ4v) is 3.11. The van der Waals surface area contributed by atoms with Crippen molar-refractivity contribution in [2.24, 2.45) is 0 Å². The highest BCUT2D eigenvalue weighted by Gasteiger charge is 2.13. The van der Waals surface area contributed by atoms with Crippen LogP contribution < -0.4 is 9.47 Å².